The van der Waals surface area contributed by atoms with Gasteiger partial charge in [-0.3, -0.25) is 0 Å². The van der Waals surface area contributed by atoms with Crippen molar-refractivity contribution in [3.05, 3.63) is 30.3 Å². The lowest BCUT2D eigenvalue weighted by molar-refractivity contribution is -0.136. The second kappa shape index (κ2) is 4.59. The van der Waals surface area contributed by atoms with Gasteiger partial charge in [0.15, 0.2) is 5.66 Å². The molecule has 1 saturated heterocycles. The monoisotopic (exact) mass is 233 g/mol. The predicted octanol–water partition coefficient (Wildman–Crippen LogP) is 2.05. The first kappa shape index (κ1) is 11.7. The molecule has 0 amide bonds. The molecule has 0 aromatic heterocycles. The fourth-order valence-corrected chi connectivity index (χ4v) is 5.87. The highest BCUT2D eigenvalue weighted by molar-refractivity contribution is 8.04. The van der Waals surface area contributed by atoms with Crippen LogP contribution < -0.4 is 5.30 Å². The largest absolute Gasteiger partial charge is 0.478 e. The van der Waals surface area contributed by atoms with Gasteiger partial charge in [-0.1, -0.05) is 18.2 Å². The molecule has 4 heteroatoms. The van der Waals surface area contributed by atoms with Crippen LogP contribution in [-0.4, -0.2) is 30.5 Å². The van der Waals surface area contributed by atoms with Crippen molar-refractivity contribution in [3.63, 3.8) is 0 Å². The summed E-state index contributed by atoms with van der Waals surface area (Å²) in [5.74, 6) is -0.723. The predicted molar refractivity (Wildman–Crippen MR) is 68.9 cm³/mol. The lowest BCUT2D eigenvalue weighted by Gasteiger charge is -2.33. The van der Waals surface area contributed by atoms with Gasteiger partial charge in [0, 0.05) is 13.3 Å². The number of carboxylic acids is 1. The zero-order valence-electron chi connectivity index (χ0n) is 9.17. The third-order valence-corrected chi connectivity index (χ3v) is 7.24. The highest BCUT2D eigenvalue weighted by atomic mass is 31.2. The molecule has 1 unspecified atom stereocenters. The Morgan fingerprint density at radius 1 is 1.31 bits per heavy atom. The number of aliphatic carboxylic acids is 1. The van der Waals surface area contributed by atoms with E-state index in [0.29, 0.717) is 0 Å². The summed E-state index contributed by atoms with van der Waals surface area (Å²) in [6.07, 6.45) is 3.65. The van der Waals surface area contributed by atoms with E-state index in [1.807, 2.05) is 30.3 Å². The standard InChI is InChI=1S/C12H15BO2P/c13-16(10-6-2-1-3-7-10)9-5-4-8-11(16)12(14)15/h1-3,6-7,11H,4-5,8-9H2,(H,14,15)/q+1/t11-,16?/m1/s1. The highest BCUT2D eigenvalue weighted by Crippen LogP contribution is 2.61. The number of benzene rings is 1. The number of carboxylic acid groups (broad SMARTS) is 1. The van der Waals surface area contributed by atoms with E-state index < -0.39 is 13.1 Å². The summed E-state index contributed by atoms with van der Waals surface area (Å²) in [5, 5.41) is 10.3. The number of carbonyl (C=O) groups is 1. The summed E-state index contributed by atoms with van der Waals surface area (Å²) in [6.45, 7) is 0. The molecule has 1 aliphatic heterocycles. The first-order valence-electron chi connectivity index (χ1n) is 5.59. The summed E-state index contributed by atoms with van der Waals surface area (Å²) in [7, 11) is 4.47. The fourth-order valence-electron chi connectivity index (χ4n) is 2.43. The van der Waals surface area contributed by atoms with Crippen LogP contribution in [0, 0.1) is 0 Å². The molecule has 0 spiro atoms. The molecule has 2 rings (SSSR count). The van der Waals surface area contributed by atoms with E-state index in [0.717, 1.165) is 30.7 Å². The Bertz CT molecular complexity index is 382. The molecule has 2 atom stereocenters. The first-order valence-corrected chi connectivity index (χ1v) is 7.70. The van der Waals surface area contributed by atoms with Crippen LogP contribution in [0.5, 0.6) is 0 Å². The molecule has 82 valence electrons. The molecule has 1 fully saturated rings. The van der Waals surface area contributed by atoms with E-state index in [1.54, 1.807) is 0 Å². The van der Waals surface area contributed by atoms with Crippen molar-refractivity contribution >= 4 is 26.0 Å². The molecule has 0 aliphatic carbocycles. The van der Waals surface area contributed by atoms with Gasteiger partial charge in [-0.25, -0.2) is 4.79 Å². The van der Waals surface area contributed by atoms with E-state index in [1.165, 1.54) is 0 Å². The molecule has 0 bridgehead atoms. The summed E-state index contributed by atoms with van der Waals surface area (Å²) >= 11 is 0. The van der Waals surface area contributed by atoms with Gasteiger partial charge in [0.1, 0.15) is 0 Å². The summed E-state index contributed by atoms with van der Waals surface area (Å²) in [4.78, 5) is 11.3. The van der Waals surface area contributed by atoms with Crippen molar-refractivity contribution in [2.45, 2.75) is 24.9 Å². The van der Waals surface area contributed by atoms with Crippen molar-refractivity contribution in [2.75, 3.05) is 6.16 Å². The molecule has 2 nitrogen and oxygen atoms in total. The van der Waals surface area contributed by atoms with Crippen LogP contribution >= 0.6 is 7.14 Å². The SMILES string of the molecule is [B][P+]1(c2ccccc2)CCCC[C@@H]1C(=O)O. The van der Waals surface area contributed by atoms with Crippen LogP contribution in [0.15, 0.2) is 30.3 Å². The molecule has 1 heterocycles. The normalized spacial score (nSPS) is 29.9. The van der Waals surface area contributed by atoms with Gasteiger partial charge in [0.05, 0.1) is 5.30 Å². The maximum Gasteiger partial charge on any atom is 0.372 e. The second-order valence-electron chi connectivity index (χ2n) is 4.34. The average molecular weight is 233 g/mol. The van der Waals surface area contributed by atoms with Gasteiger partial charge in [-0.05, 0) is 31.4 Å². The minimum atomic E-state index is -1.98. The quantitative estimate of drug-likeness (QED) is 0.626. The Morgan fingerprint density at radius 3 is 2.62 bits per heavy atom. The van der Waals surface area contributed by atoms with Crippen LogP contribution in [0.3, 0.4) is 0 Å². The van der Waals surface area contributed by atoms with Crippen molar-refractivity contribution in [3.8, 4) is 0 Å². The lowest BCUT2D eigenvalue weighted by atomic mass is 10.2. The minimum absolute atomic E-state index is 0.344. The van der Waals surface area contributed by atoms with Crippen molar-refractivity contribution in [2.24, 2.45) is 0 Å². The van der Waals surface area contributed by atoms with Gasteiger partial charge in [-0.15, -0.1) is 0 Å². The zero-order chi connectivity index (χ0) is 11.6. The van der Waals surface area contributed by atoms with Gasteiger partial charge in [0.2, 0.25) is 0 Å². The van der Waals surface area contributed by atoms with Crippen molar-refractivity contribution < 1.29 is 9.90 Å². The Morgan fingerprint density at radius 2 is 2.00 bits per heavy atom. The molecule has 2 radical (unpaired) electrons. The summed E-state index contributed by atoms with van der Waals surface area (Å²) in [5.41, 5.74) is -0.344. The third kappa shape index (κ3) is 2.01. The van der Waals surface area contributed by atoms with E-state index in [2.05, 4.69) is 0 Å². The first-order chi connectivity index (χ1) is 7.64. The Kier molecular flexibility index (Phi) is 3.34. The van der Waals surface area contributed by atoms with E-state index in [-0.39, 0.29) is 5.66 Å². The van der Waals surface area contributed by atoms with Gasteiger partial charge in [0.25, 0.3) is 0 Å². The summed E-state index contributed by atoms with van der Waals surface area (Å²) < 4.78 is 0. The van der Waals surface area contributed by atoms with E-state index >= 15 is 0 Å². The maximum absolute atomic E-state index is 11.3. The topological polar surface area (TPSA) is 37.3 Å². The van der Waals surface area contributed by atoms with Gasteiger partial charge in [-0.2, -0.15) is 0 Å². The van der Waals surface area contributed by atoms with Crippen LogP contribution in [-0.2, 0) is 4.79 Å². The molecular weight excluding hydrogens is 218 g/mol. The molecule has 1 N–H and O–H groups in total. The number of hydrogen-bond donors (Lipinski definition) is 1. The second-order valence-corrected chi connectivity index (χ2v) is 7.79. The van der Waals surface area contributed by atoms with Gasteiger partial charge < -0.3 is 5.11 Å². The fraction of sp³-hybridized carbons (Fsp3) is 0.417. The Balaban J connectivity index is 2.37. The van der Waals surface area contributed by atoms with Crippen molar-refractivity contribution in [1.29, 1.82) is 0 Å². The smallest absolute Gasteiger partial charge is 0.372 e. The number of rotatable bonds is 2. The lowest BCUT2D eigenvalue weighted by Crippen LogP contribution is -2.34. The highest BCUT2D eigenvalue weighted by Gasteiger charge is 2.48. The van der Waals surface area contributed by atoms with Gasteiger partial charge >= 0.3 is 13.5 Å². The molecular formula is C12H15BO2P+. The molecule has 0 saturated carbocycles. The zero-order valence-corrected chi connectivity index (χ0v) is 10.1. The maximum atomic E-state index is 11.3. The number of hydrogen-bond acceptors (Lipinski definition) is 1. The van der Waals surface area contributed by atoms with Crippen LogP contribution in [0.1, 0.15) is 19.3 Å². The molecule has 1 aliphatic rings. The summed E-state index contributed by atoms with van der Waals surface area (Å²) in [6, 6.07) is 9.79. The minimum Gasteiger partial charge on any atom is -0.478 e. The molecule has 16 heavy (non-hydrogen) atoms. The van der Waals surface area contributed by atoms with Crippen LogP contribution in [0.4, 0.5) is 0 Å². The average Bonchev–Trinajstić information content (AvgIpc) is 2.30. The molecule has 1 aromatic carbocycles. The van der Waals surface area contributed by atoms with Crippen LogP contribution in [0.25, 0.3) is 0 Å². The van der Waals surface area contributed by atoms with Crippen LogP contribution in [0.2, 0.25) is 0 Å². The Labute approximate surface area is 97.8 Å². The van der Waals surface area contributed by atoms with Crippen molar-refractivity contribution in [1.82, 2.24) is 0 Å². The molecule has 1 aromatic rings. The van der Waals surface area contributed by atoms with E-state index in [9.17, 15) is 9.90 Å². The third-order valence-electron chi connectivity index (χ3n) is 3.33. The Hall–Kier alpha value is -0.815. The van der Waals surface area contributed by atoms with E-state index in [4.69, 9.17) is 7.57 Å².